The van der Waals surface area contributed by atoms with Crippen LogP contribution in [0.1, 0.15) is 24.1 Å². The molecule has 140 valence electrons. The number of nitrogens with one attached hydrogen (secondary N) is 1. The Labute approximate surface area is 155 Å². The lowest BCUT2D eigenvalue weighted by Crippen LogP contribution is -2.45. The second kappa shape index (κ2) is 8.92. The zero-order chi connectivity index (χ0) is 18.4. The SMILES string of the molecule is CCOc1ccc(C(c2ccc(OC)cc2OC)N2CCNCC2)cc1. The van der Waals surface area contributed by atoms with E-state index in [1.807, 2.05) is 31.2 Å². The molecule has 0 bridgehead atoms. The lowest BCUT2D eigenvalue weighted by atomic mass is 9.95. The van der Waals surface area contributed by atoms with Crippen molar-refractivity contribution in [2.24, 2.45) is 0 Å². The molecule has 0 spiro atoms. The third kappa shape index (κ3) is 4.11. The molecular weight excluding hydrogens is 328 g/mol. The first-order valence-electron chi connectivity index (χ1n) is 9.16. The lowest BCUT2D eigenvalue weighted by molar-refractivity contribution is 0.195. The standard InChI is InChI=1S/C21H28N2O3/c1-4-26-17-7-5-16(6-8-17)21(23-13-11-22-12-14-23)19-10-9-18(24-2)15-20(19)25-3/h5-10,15,21-22H,4,11-14H2,1-3H3. The maximum Gasteiger partial charge on any atom is 0.127 e. The molecule has 26 heavy (non-hydrogen) atoms. The van der Waals surface area contributed by atoms with E-state index in [1.165, 1.54) is 5.56 Å². The zero-order valence-electron chi connectivity index (χ0n) is 15.8. The molecule has 1 saturated heterocycles. The average Bonchev–Trinajstić information content (AvgIpc) is 2.70. The van der Waals surface area contributed by atoms with Gasteiger partial charge in [-0.1, -0.05) is 12.1 Å². The Morgan fingerprint density at radius 2 is 1.65 bits per heavy atom. The number of ether oxygens (including phenoxy) is 3. The number of hydrogen-bond acceptors (Lipinski definition) is 5. The minimum atomic E-state index is 0.133. The van der Waals surface area contributed by atoms with Gasteiger partial charge in [-0.25, -0.2) is 0 Å². The highest BCUT2D eigenvalue weighted by atomic mass is 16.5. The van der Waals surface area contributed by atoms with Crippen molar-refractivity contribution in [3.05, 3.63) is 53.6 Å². The topological polar surface area (TPSA) is 43.0 Å². The molecule has 0 saturated carbocycles. The molecule has 2 aromatic rings. The van der Waals surface area contributed by atoms with Crippen LogP contribution in [-0.4, -0.2) is 51.9 Å². The third-order valence-corrected chi connectivity index (χ3v) is 4.76. The Morgan fingerprint density at radius 3 is 2.27 bits per heavy atom. The molecule has 1 atom stereocenters. The molecular formula is C21H28N2O3. The molecule has 1 heterocycles. The van der Waals surface area contributed by atoms with Crippen LogP contribution in [0.3, 0.4) is 0 Å². The van der Waals surface area contributed by atoms with E-state index in [1.54, 1.807) is 14.2 Å². The summed E-state index contributed by atoms with van der Waals surface area (Å²) >= 11 is 0. The van der Waals surface area contributed by atoms with E-state index in [2.05, 4.69) is 28.4 Å². The van der Waals surface area contributed by atoms with Gasteiger partial charge in [-0.2, -0.15) is 0 Å². The maximum absolute atomic E-state index is 5.70. The summed E-state index contributed by atoms with van der Waals surface area (Å²) < 4.78 is 16.7. The van der Waals surface area contributed by atoms with Gasteiger partial charge in [-0.05, 0) is 36.8 Å². The first-order chi connectivity index (χ1) is 12.8. The molecule has 0 radical (unpaired) electrons. The van der Waals surface area contributed by atoms with Gasteiger partial charge in [0.05, 0.1) is 26.9 Å². The van der Waals surface area contributed by atoms with E-state index >= 15 is 0 Å². The quantitative estimate of drug-likeness (QED) is 0.826. The van der Waals surface area contributed by atoms with Gasteiger partial charge in [0.2, 0.25) is 0 Å². The summed E-state index contributed by atoms with van der Waals surface area (Å²) in [5.74, 6) is 2.55. The van der Waals surface area contributed by atoms with Crippen LogP contribution in [0.15, 0.2) is 42.5 Å². The van der Waals surface area contributed by atoms with Gasteiger partial charge in [-0.3, -0.25) is 4.90 Å². The van der Waals surface area contributed by atoms with Gasteiger partial charge < -0.3 is 19.5 Å². The number of piperazine rings is 1. The van der Waals surface area contributed by atoms with Crippen LogP contribution < -0.4 is 19.5 Å². The molecule has 1 fully saturated rings. The largest absolute Gasteiger partial charge is 0.497 e. The Kier molecular flexibility index (Phi) is 6.36. The fourth-order valence-electron chi connectivity index (χ4n) is 3.48. The van der Waals surface area contributed by atoms with Gasteiger partial charge >= 0.3 is 0 Å². The number of methoxy groups -OCH3 is 2. The minimum absolute atomic E-state index is 0.133. The zero-order valence-corrected chi connectivity index (χ0v) is 15.8. The molecule has 0 amide bonds. The van der Waals surface area contributed by atoms with E-state index in [0.717, 1.165) is 49.0 Å². The van der Waals surface area contributed by atoms with Crippen molar-refractivity contribution < 1.29 is 14.2 Å². The second-order valence-corrected chi connectivity index (χ2v) is 6.30. The van der Waals surface area contributed by atoms with Crippen molar-refractivity contribution in [2.75, 3.05) is 47.0 Å². The second-order valence-electron chi connectivity index (χ2n) is 6.30. The highest BCUT2D eigenvalue weighted by Crippen LogP contribution is 2.37. The van der Waals surface area contributed by atoms with Crippen LogP contribution in [0, 0.1) is 0 Å². The van der Waals surface area contributed by atoms with Crippen LogP contribution in [0.5, 0.6) is 17.2 Å². The number of benzene rings is 2. The van der Waals surface area contributed by atoms with Crippen LogP contribution in [0.4, 0.5) is 0 Å². The van der Waals surface area contributed by atoms with E-state index in [-0.39, 0.29) is 6.04 Å². The van der Waals surface area contributed by atoms with Gasteiger partial charge in [0.1, 0.15) is 17.2 Å². The van der Waals surface area contributed by atoms with Crippen molar-refractivity contribution in [3.8, 4) is 17.2 Å². The molecule has 2 aromatic carbocycles. The monoisotopic (exact) mass is 356 g/mol. The van der Waals surface area contributed by atoms with Gasteiger partial charge in [0.15, 0.2) is 0 Å². The van der Waals surface area contributed by atoms with Gasteiger partial charge in [-0.15, -0.1) is 0 Å². The van der Waals surface area contributed by atoms with Crippen LogP contribution in [0.25, 0.3) is 0 Å². The molecule has 0 aromatic heterocycles. The summed E-state index contributed by atoms with van der Waals surface area (Å²) in [7, 11) is 3.39. The molecule has 1 unspecified atom stereocenters. The van der Waals surface area contributed by atoms with Crippen molar-refractivity contribution in [3.63, 3.8) is 0 Å². The van der Waals surface area contributed by atoms with E-state index in [9.17, 15) is 0 Å². The Morgan fingerprint density at radius 1 is 0.962 bits per heavy atom. The molecule has 5 nitrogen and oxygen atoms in total. The smallest absolute Gasteiger partial charge is 0.127 e. The van der Waals surface area contributed by atoms with Crippen molar-refractivity contribution in [1.29, 1.82) is 0 Å². The molecule has 0 aliphatic carbocycles. The molecule has 1 aliphatic heterocycles. The highest BCUT2D eigenvalue weighted by molar-refractivity contribution is 5.47. The first-order valence-corrected chi connectivity index (χ1v) is 9.16. The summed E-state index contributed by atoms with van der Waals surface area (Å²) in [6, 6.07) is 14.6. The molecule has 1 aliphatic rings. The van der Waals surface area contributed by atoms with Crippen molar-refractivity contribution in [2.45, 2.75) is 13.0 Å². The Balaban J connectivity index is 2.00. The summed E-state index contributed by atoms with van der Waals surface area (Å²) in [5, 5.41) is 3.43. The Hall–Kier alpha value is -2.24. The van der Waals surface area contributed by atoms with E-state index < -0.39 is 0 Å². The van der Waals surface area contributed by atoms with E-state index in [4.69, 9.17) is 14.2 Å². The number of hydrogen-bond donors (Lipinski definition) is 1. The summed E-state index contributed by atoms with van der Waals surface area (Å²) in [5.41, 5.74) is 2.39. The predicted molar refractivity (Wildman–Crippen MR) is 103 cm³/mol. The van der Waals surface area contributed by atoms with Crippen LogP contribution in [-0.2, 0) is 0 Å². The van der Waals surface area contributed by atoms with E-state index in [0.29, 0.717) is 6.61 Å². The maximum atomic E-state index is 5.70. The fraction of sp³-hybridized carbons (Fsp3) is 0.429. The third-order valence-electron chi connectivity index (χ3n) is 4.76. The summed E-state index contributed by atoms with van der Waals surface area (Å²) in [6.45, 7) is 6.64. The summed E-state index contributed by atoms with van der Waals surface area (Å²) in [4.78, 5) is 2.50. The fourth-order valence-corrected chi connectivity index (χ4v) is 3.48. The highest BCUT2D eigenvalue weighted by Gasteiger charge is 2.26. The molecule has 5 heteroatoms. The molecule has 3 rings (SSSR count). The van der Waals surface area contributed by atoms with Crippen LogP contribution in [0.2, 0.25) is 0 Å². The lowest BCUT2D eigenvalue weighted by Gasteiger charge is -2.36. The van der Waals surface area contributed by atoms with Gasteiger partial charge in [0.25, 0.3) is 0 Å². The van der Waals surface area contributed by atoms with Crippen LogP contribution >= 0.6 is 0 Å². The summed E-state index contributed by atoms with van der Waals surface area (Å²) in [6.07, 6.45) is 0. The van der Waals surface area contributed by atoms with Crippen molar-refractivity contribution in [1.82, 2.24) is 10.2 Å². The number of rotatable bonds is 7. The Bertz CT molecular complexity index is 697. The predicted octanol–water partition coefficient (Wildman–Crippen LogP) is 3.10. The number of nitrogens with zero attached hydrogens (tertiary/aromatic N) is 1. The molecule has 1 N–H and O–H groups in total. The normalized spacial score (nSPS) is 16.1. The minimum Gasteiger partial charge on any atom is -0.497 e. The average molecular weight is 356 g/mol. The first kappa shape index (κ1) is 18.5. The van der Waals surface area contributed by atoms with Crippen molar-refractivity contribution >= 4 is 0 Å². The van der Waals surface area contributed by atoms with Gasteiger partial charge in [0, 0.05) is 37.8 Å².